The number of nitrogens with zero attached hydrogens (tertiary/aromatic N) is 1. The van der Waals surface area contributed by atoms with E-state index in [1.165, 1.54) is 31.1 Å². The minimum atomic E-state index is -1.88. The van der Waals surface area contributed by atoms with Gasteiger partial charge in [0.15, 0.2) is 0 Å². The van der Waals surface area contributed by atoms with Crippen molar-refractivity contribution in [3.05, 3.63) is 123 Å². The van der Waals surface area contributed by atoms with Crippen LogP contribution in [0, 0.1) is 0 Å². The molecule has 0 saturated carbocycles. The molecule has 1 aliphatic rings. The molecule has 2 heterocycles. The average molecular weight is 567 g/mol. The number of hydrogen-bond acceptors (Lipinski definition) is 1. The van der Waals surface area contributed by atoms with Gasteiger partial charge in [0.2, 0.25) is 0 Å². The third-order valence-corrected chi connectivity index (χ3v) is 12.6. The van der Waals surface area contributed by atoms with E-state index in [-0.39, 0.29) is 0 Å². The zero-order valence-electron chi connectivity index (χ0n) is 15.9. The Morgan fingerprint density at radius 1 is 0.586 bits per heavy atom. The Balaban J connectivity index is 1.41. The van der Waals surface area contributed by atoms with Crippen molar-refractivity contribution < 1.29 is 0 Å². The summed E-state index contributed by atoms with van der Waals surface area (Å²) in [7, 11) is 0. The second-order valence-corrected chi connectivity index (χ2v) is 14.4. The fourth-order valence-electron chi connectivity index (χ4n) is 3.56. The van der Waals surface area contributed by atoms with E-state index in [9.17, 15) is 0 Å². The van der Waals surface area contributed by atoms with Crippen molar-refractivity contribution in [2.24, 2.45) is 0 Å². The molecule has 0 N–H and O–H groups in total. The molecular weight excluding hydrogens is 547 g/mol. The molecule has 0 saturated heterocycles. The first-order chi connectivity index (χ1) is 14.4. The van der Waals surface area contributed by atoms with Crippen LogP contribution >= 0.6 is 0 Å². The molecule has 1 nitrogen and oxygen atoms in total. The summed E-state index contributed by atoms with van der Waals surface area (Å²) < 4.78 is 6.46. The topological polar surface area (TPSA) is 12.9 Å². The van der Waals surface area contributed by atoms with E-state index < -0.39 is 21.8 Å². The maximum atomic E-state index is 4.65. The maximum absolute atomic E-state index is 4.65. The molecule has 4 aromatic rings. The van der Waals surface area contributed by atoms with Gasteiger partial charge in [-0.3, -0.25) is 0 Å². The van der Waals surface area contributed by atoms with E-state index >= 15 is 0 Å². The molecule has 0 amide bonds. The van der Waals surface area contributed by atoms with Crippen LogP contribution in [0.4, 0.5) is 0 Å². The van der Waals surface area contributed by atoms with Crippen LogP contribution < -0.4 is 3.27 Å². The second kappa shape index (κ2) is 8.27. The van der Waals surface area contributed by atoms with Gasteiger partial charge in [-0.05, 0) is 0 Å². The molecule has 0 fully saturated rings. The first-order valence-corrected chi connectivity index (χ1v) is 15.5. The van der Waals surface area contributed by atoms with Crippen molar-refractivity contribution in [1.29, 1.82) is 0 Å². The minimum absolute atomic E-state index is 1.07. The number of rotatable bonds is 4. The molecule has 3 aromatic carbocycles. The summed E-state index contributed by atoms with van der Waals surface area (Å²) in [6, 6.07) is 34.5. The normalized spacial score (nSPS) is 13.4. The number of allylic oxidation sites excluding steroid dienone is 2. The van der Waals surface area contributed by atoms with Crippen LogP contribution in [0.2, 0.25) is 0 Å². The van der Waals surface area contributed by atoms with Crippen LogP contribution in [0.25, 0.3) is 27.8 Å². The second-order valence-electron chi connectivity index (χ2n) is 7.02. The van der Waals surface area contributed by atoms with Gasteiger partial charge in [0.05, 0.1) is 0 Å². The van der Waals surface area contributed by atoms with E-state index in [2.05, 4.69) is 116 Å². The molecule has 0 radical (unpaired) electrons. The van der Waals surface area contributed by atoms with Gasteiger partial charge in [0.1, 0.15) is 0 Å². The zero-order chi connectivity index (χ0) is 19.5. The van der Waals surface area contributed by atoms with Crippen LogP contribution in [0.5, 0.6) is 0 Å². The first kappa shape index (κ1) is 18.2. The van der Waals surface area contributed by atoms with E-state index in [1.807, 2.05) is 6.20 Å². The molecule has 1 aliphatic heterocycles. The average Bonchev–Trinajstić information content (AvgIpc) is 3.31. The van der Waals surface area contributed by atoms with Gasteiger partial charge >= 0.3 is 174 Å². The van der Waals surface area contributed by atoms with Crippen LogP contribution in [0.1, 0.15) is 5.69 Å². The fraction of sp³-hybridized carbons (Fsp3) is 0. The van der Waals surface area contributed by atoms with Crippen LogP contribution in [0.3, 0.4) is 0 Å². The summed E-state index contributed by atoms with van der Waals surface area (Å²) in [4.78, 5) is 4.65. The quantitative estimate of drug-likeness (QED) is 0.282. The summed E-state index contributed by atoms with van der Waals surface area (Å²) >= 11 is -1.88. The van der Waals surface area contributed by atoms with Crippen molar-refractivity contribution in [3.8, 4) is 22.3 Å². The third kappa shape index (κ3) is 3.99. The standard InChI is InChI=1S/C21H15N.C6H5.Bi/c1-3-16(2)21-15-20(13-14-22-21)19-11-9-18(10-12-19)17-7-5-4-6-8-17;1-2-4-6-5-3-1;/h1-15H;1-5H;. The molecule has 29 heavy (non-hydrogen) atoms. The monoisotopic (exact) mass is 567 g/mol. The molecule has 5 rings (SSSR count). The van der Waals surface area contributed by atoms with Gasteiger partial charge in [-0.2, -0.15) is 0 Å². The third-order valence-electron chi connectivity index (χ3n) is 5.13. The van der Waals surface area contributed by atoms with Crippen molar-refractivity contribution >= 4 is 30.6 Å². The SMILES string of the molecule is C1=[CH][Bi]([c]2ccccc2)[CH]=C1c1cc(-c2ccc(-c3ccccc3)cc2)ccn1. The fourth-order valence-corrected chi connectivity index (χ4v) is 10.4. The summed E-state index contributed by atoms with van der Waals surface area (Å²) in [5, 5.41) is 0. The molecule has 138 valence electrons. The van der Waals surface area contributed by atoms with Gasteiger partial charge < -0.3 is 0 Å². The van der Waals surface area contributed by atoms with E-state index in [0.29, 0.717) is 0 Å². The van der Waals surface area contributed by atoms with E-state index in [4.69, 9.17) is 0 Å². The van der Waals surface area contributed by atoms with Gasteiger partial charge in [-0.1, -0.05) is 6.07 Å². The summed E-state index contributed by atoms with van der Waals surface area (Å²) in [5.41, 5.74) is 7.26. The van der Waals surface area contributed by atoms with Gasteiger partial charge in [-0.15, -0.1) is 0 Å². The number of hydrogen-bond donors (Lipinski definition) is 0. The Kier molecular flexibility index (Phi) is 5.20. The molecule has 0 atom stereocenters. The van der Waals surface area contributed by atoms with Crippen LogP contribution in [-0.4, -0.2) is 26.7 Å². The van der Waals surface area contributed by atoms with Crippen molar-refractivity contribution in [2.75, 3.05) is 0 Å². The predicted octanol–water partition coefficient (Wildman–Crippen LogP) is 5.85. The van der Waals surface area contributed by atoms with Gasteiger partial charge in [0, 0.05) is 0 Å². The Bertz CT molecular complexity index is 1180. The summed E-state index contributed by atoms with van der Waals surface area (Å²) in [6.07, 6.45) is 4.20. The first-order valence-electron chi connectivity index (χ1n) is 9.72. The molecular formula is C27H20BiN. The van der Waals surface area contributed by atoms with E-state index in [0.717, 1.165) is 5.69 Å². The molecule has 2 heteroatoms. The number of benzene rings is 3. The Morgan fingerprint density at radius 2 is 1.21 bits per heavy atom. The van der Waals surface area contributed by atoms with Crippen molar-refractivity contribution in [3.63, 3.8) is 0 Å². The molecule has 0 spiro atoms. The zero-order valence-corrected chi connectivity index (χ0v) is 19.4. The van der Waals surface area contributed by atoms with Crippen LogP contribution in [0.15, 0.2) is 117 Å². The molecule has 0 unspecified atom stereocenters. The van der Waals surface area contributed by atoms with Gasteiger partial charge in [0.25, 0.3) is 0 Å². The Hall–Kier alpha value is -2.83. The number of pyridine rings is 1. The Labute approximate surface area is 179 Å². The summed E-state index contributed by atoms with van der Waals surface area (Å²) in [6.45, 7) is 0. The van der Waals surface area contributed by atoms with E-state index in [1.54, 1.807) is 0 Å². The van der Waals surface area contributed by atoms with Crippen LogP contribution in [-0.2, 0) is 0 Å². The van der Waals surface area contributed by atoms with Gasteiger partial charge in [-0.25, -0.2) is 0 Å². The molecule has 1 aromatic heterocycles. The Morgan fingerprint density at radius 3 is 1.93 bits per heavy atom. The molecule has 0 bridgehead atoms. The number of aromatic nitrogens is 1. The van der Waals surface area contributed by atoms with Crippen molar-refractivity contribution in [1.82, 2.24) is 4.98 Å². The summed E-state index contributed by atoms with van der Waals surface area (Å²) in [5.74, 6) is 0. The predicted molar refractivity (Wildman–Crippen MR) is 124 cm³/mol. The van der Waals surface area contributed by atoms with Crippen molar-refractivity contribution in [2.45, 2.75) is 0 Å². The molecule has 0 aliphatic carbocycles.